The average Bonchev–Trinajstić information content (AvgIpc) is 3.39. The zero-order valence-electron chi connectivity index (χ0n) is 24.7. The largest absolute Gasteiger partial charge is 0.476 e. The highest BCUT2D eigenvalue weighted by molar-refractivity contribution is 5.65. The fourth-order valence-corrected chi connectivity index (χ4v) is 7.18. The summed E-state index contributed by atoms with van der Waals surface area (Å²) in [5, 5.41) is 18.3. The van der Waals surface area contributed by atoms with E-state index in [1.807, 2.05) is 18.2 Å². The van der Waals surface area contributed by atoms with Crippen molar-refractivity contribution in [1.82, 2.24) is 25.3 Å². The van der Waals surface area contributed by atoms with E-state index in [0.29, 0.717) is 41.3 Å². The van der Waals surface area contributed by atoms with Crippen molar-refractivity contribution in [2.45, 2.75) is 75.8 Å². The lowest BCUT2D eigenvalue weighted by Crippen LogP contribution is -2.52. The Hall–Kier alpha value is -3.68. The lowest BCUT2D eigenvalue weighted by molar-refractivity contribution is 0.193. The Balaban J connectivity index is 1.27. The van der Waals surface area contributed by atoms with E-state index in [0.717, 1.165) is 86.6 Å². The van der Waals surface area contributed by atoms with Gasteiger partial charge in [-0.15, -0.1) is 0 Å². The minimum Gasteiger partial charge on any atom is -0.476 e. The quantitative estimate of drug-likeness (QED) is 0.403. The molecule has 3 N–H and O–H groups in total. The monoisotopic (exact) mass is 568 g/mol. The lowest BCUT2D eigenvalue weighted by atomic mass is 9.78. The van der Waals surface area contributed by atoms with Gasteiger partial charge in [0.2, 0.25) is 5.88 Å². The van der Waals surface area contributed by atoms with Crippen molar-refractivity contribution in [3.05, 3.63) is 46.2 Å². The summed E-state index contributed by atoms with van der Waals surface area (Å²) < 4.78 is 12.5. The van der Waals surface area contributed by atoms with Gasteiger partial charge in [-0.2, -0.15) is 10.2 Å². The number of ether oxygens (including phenoxy) is 1. The van der Waals surface area contributed by atoms with E-state index in [-0.39, 0.29) is 11.5 Å². The van der Waals surface area contributed by atoms with Gasteiger partial charge in [0.1, 0.15) is 24.3 Å². The number of aryl methyl sites for hydroxylation is 1. The summed E-state index contributed by atoms with van der Waals surface area (Å²) in [6.45, 7) is 6.56. The second-order valence-corrected chi connectivity index (χ2v) is 12.5. The molecule has 0 amide bonds. The number of aromatic nitrogens is 3. The van der Waals surface area contributed by atoms with E-state index in [2.05, 4.69) is 40.3 Å². The standard InChI is InChI=1S/C32H40N8O2/c1-3-20-9-10-25(34)24(17-33)28(20)22-7-4-8-23-29(38-42-30(22)23)31-36-26(40-15-13-35-32(19-40)11-12-32)16-27(37-31)41-18-21-6-5-14-39(21)2/h9-10,16,21-22,35H,3-8,11-15,18-19,34H2,1-2H3. The molecular weight excluding hydrogens is 528 g/mol. The highest BCUT2D eigenvalue weighted by Crippen LogP contribution is 2.44. The molecule has 2 aliphatic carbocycles. The van der Waals surface area contributed by atoms with E-state index < -0.39 is 0 Å². The van der Waals surface area contributed by atoms with Gasteiger partial charge in [0.05, 0.1) is 5.56 Å². The molecule has 2 aliphatic heterocycles. The summed E-state index contributed by atoms with van der Waals surface area (Å²) in [6.07, 6.45) is 8.19. The number of likely N-dealkylation sites (N-methyl/N-ethyl adjacent to an activating group) is 1. The average molecular weight is 569 g/mol. The highest BCUT2D eigenvalue weighted by atomic mass is 16.5. The third-order valence-electron chi connectivity index (χ3n) is 9.81. The van der Waals surface area contributed by atoms with Crippen molar-refractivity contribution in [2.24, 2.45) is 0 Å². The van der Waals surface area contributed by atoms with Crippen LogP contribution in [0.4, 0.5) is 11.5 Å². The first-order valence-corrected chi connectivity index (χ1v) is 15.5. The first-order chi connectivity index (χ1) is 20.5. The number of nitrogen functional groups attached to an aromatic ring is 1. The first-order valence-electron chi connectivity index (χ1n) is 15.5. The molecule has 10 heteroatoms. The molecule has 0 bridgehead atoms. The van der Waals surface area contributed by atoms with Crippen molar-refractivity contribution in [1.29, 1.82) is 5.26 Å². The Morgan fingerprint density at radius 3 is 2.86 bits per heavy atom. The zero-order valence-corrected chi connectivity index (χ0v) is 24.7. The van der Waals surface area contributed by atoms with E-state index in [4.69, 9.17) is 25.0 Å². The van der Waals surface area contributed by atoms with E-state index >= 15 is 0 Å². The van der Waals surface area contributed by atoms with Gasteiger partial charge in [-0.05, 0) is 82.2 Å². The van der Waals surface area contributed by atoms with Crippen molar-refractivity contribution < 1.29 is 9.26 Å². The number of anilines is 2. The predicted octanol–water partition coefficient (Wildman–Crippen LogP) is 4.03. The fraction of sp³-hybridized carbons (Fsp3) is 0.562. The summed E-state index contributed by atoms with van der Waals surface area (Å²) in [5.74, 6) is 2.72. The van der Waals surface area contributed by atoms with Crippen LogP contribution in [0.3, 0.4) is 0 Å². The Morgan fingerprint density at radius 2 is 2.10 bits per heavy atom. The van der Waals surface area contributed by atoms with Gasteiger partial charge in [-0.3, -0.25) is 0 Å². The summed E-state index contributed by atoms with van der Waals surface area (Å²) in [4.78, 5) is 14.7. The molecule has 1 saturated carbocycles. The second-order valence-electron chi connectivity index (χ2n) is 12.5. The number of nitriles is 1. The van der Waals surface area contributed by atoms with Crippen LogP contribution in [0.5, 0.6) is 5.88 Å². The van der Waals surface area contributed by atoms with Crippen LogP contribution in [-0.2, 0) is 12.8 Å². The molecule has 1 spiro atoms. The second kappa shape index (κ2) is 10.9. The van der Waals surface area contributed by atoms with Crippen LogP contribution in [0.15, 0.2) is 22.7 Å². The molecule has 2 aromatic heterocycles. The Kier molecular flexibility index (Phi) is 7.03. The number of nitrogens with two attached hydrogens (primary N) is 1. The van der Waals surface area contributed by atoms with Crippen molar-refractivity contribution in [3.8, 4) is 23.5 Å². The number of nitrogens with one attached hydrogen (secondary N) is 1. The number of fused-ring (bicyclic) bond motifs is 1. The fourth-order valence-electron chi connectivity index (χ4n) is 7.18. The molecular formula is C32H40N8O2. The van der Waals surface area contributed by atoms with Gasteiger partial charge < -0.3 is 30.1 Å². The number of piperazine rings is 1. The number of hydrogen-bond donors (Lipinski definition) is 2. The molecule has 42 heavy (non-hydrogen) atoms. The van der Waals surface area contributed by atoms with Crippen LogP contribution < -0.4 is 20.7 Å². The Labute approximate surface area is 247 Å². The molecule has 2 saturated heterocycles. The topological polar surface area (TPSA) is 129 Å². The van der Waals surface area contributed by atoms with E-state index in [1.54, 1.807) is 0 Å². The number of hydrogen-bond acceptors (Lipinski definition) is 10. The summed E-state index contributed by atoms with van der Waals surface area (Å²) in [5.41, 5.74) is 11.3. The molecule has 3 fully saturated rings. The maximum Gasteiger partial charge on any atom is 0.219 e. The molecule has 2 unspecified atom stereocenters. The van der Waals surface area contributed by atoms with Gasteiger partial charge in [-0.1, -0.05) is 18.1 Å². The smallest absolute Gasteiger partial charge is 0.219 e. The van der Waals surface area contributed by atoms with Crippen molar-refractivity contribution in [2.75, 3.05) is 50.5 Å². The molecule has 7 rings (SSSR count). The van der Waals surface area contributed by atoms with Crippen molar-refractivity contribution >= 4 is 11.5 Å². The van der Waals surface area contributed by atoms with Gasteiger partial charge in [-0.25, -0.2) is 4.98 Å². The van der Waals surface area contributed by atoms with Gasteiger partial charge in [0.25, 0.3) is 0 Å². The maximum absolute atomic E-state index is 10.0. The SMILES string of the molecule is CCc1ccc(N)c(C#N)c1C1CCCc2c(-c3nc(OCC4CCCN4C)cc(N4CCNC5(CC5)C4)n3)noc21. The molecule has 4 heterocycles. The van der Waals surface area contributed by atoms with Gasteiger partial charge in [0.15, 0.2) is 11.5 Å². The van der Waals surface area contributed by atoms with Crippen LogP contribution in [-0.4, -0.2) is 71.4 Å². The molecule has 1 aromatic carbocycles. The lowest BCUT2D eigenvalue weighted by Gasteiger charge is -2.35. The van der Waals surface area contributed by atoms with Crippen LogP contribution in [0.2, 0.25) is 0 Å². The molecule has 4 aliphatic rings. The number of likely N-dealkylation sites (tertiary alicyclic amines) is 1. The van der Waals surface area contributed by atoms with Gasteiger partial charge in [0, 0.05) is 54.5 Å². The van der Waals surface area contributed by atoms with E-state index in [9.17, 15) is 5.26 Å². The Morgan fingerprint density at radius 1 is 1.21 bits per heavy atom. The third kappa shape index (κ3) is 4.88. The Bertz CT molecular complexity index is 1520. The van der Waals surface area contributed by atoms with Crippen LogP contribution in [0.25, 0.3) is 11.5 Å². The van der Waals surface area contributed by atoms with Crippen molar-refractivity contribution in [3.63, 3.8) is 0 Å². The number of rotatable bonds is 7. The molecule has 3 aromatic rings. The first kappa shape index (κ1) is 27.2. The normalized spacial score (nSPS) is 23.1. The minimum absolute atomic E-state index is 0.0807. The number of nitrogens with zero attached hydrogens (tertiary/aromatic N) is 6. The summed E-state index contributed by atoms with van der Waals surface area (Å²) >= 11 is 0. The molecule has 10 nitrogen and oxygen atoms in total. The van der Waals surface area contributed by atoms with Crippen LogP contribution in [0.1, 0.15) is 79.4 Å². The minimum atomic E-state index is -0.0807. The summed E-state index contributed by atoms with van der Waals surface area (Å²) in [6, 6.07) is 8.62. The number of benzene rings is 1. The van der Waals surface area contributed by atoms with Crippen LogP contribution in [0, 0.1) is 11.3 Å². The molecule has 2 atom stereocenters. The van der Waals surface area contributed by atoms with E-state index in [1.165, 1.54) is 19.3 Å². The predicted molar refractivity (Wildman–Crippen MR) is 161 cm³/mol. The zero-order chi connectivity index (χ0) is 28.8. The third-order valence-corrected chi connectivity index (χ3v) is 9.81. The maximum atomic E-state index is 10.0. The molecule has 220 valence electrons. The highest BCUT2D eigenvalue weighted by Gasteiger charge is 2.46. The van der Waals surface area contributed by atoms with Gasteiger partial charge >= 0.3 is 0 Å². The van der Waals surface area contributed by atoms with Crippen LogP contribution >= 0.6 is 0 Å². The summed E-state index contributed by atoms with van der Waals surface area (Å²) in [7, 11) is 2.16. The molecule has 0 radical (unpaired) electrons.